The van der Waals surface area contributed by atoms with Crippen molar-refractivity contribution in [3.63, 3.8) is 0 Å². The van der Waals surface area contributed by atoms with E-state index in [1.54, 1.807) is 0 Å². The monoisotopic (exact) mass is 195 g/mol. The van der Waals surface area contributed by atoms with Gasteiger partial charge in [-0.15, -0.1) is 0 Å². The molecule has 0 bridgehead atoms. The summed E-state index contributed by atoms with van der Waals surface area (Å²) in [6.45, 7) is 0.786. The Morgan fingerprint density at radius 2 is 2.00 bits per heavy atom. The van der Waals surface area contributed by atoms with E-state index in [-0.39, 0.29) is 0 Å². The number of rotatable bonds is 5. The topological polar surface area (TPSA) is 26.0 Å². The van der Waals surface area contributed by atoms with E-state index in [0.717, 1.165) is 13.0 Å². The molecule has 0 fully saturated rings. The maximum absolute atomic E-state index is 5.63. The van der Waals surface area contributed by atoms with Crippen molar-refractivity contribution in [3.8, 4) is 0 Å². The lowest BCUT2D eigenvalue weighted by molar-refractivity contribution is 0.763. The predicted octanol–water partition coefficient (Wildman–Crippen LogP) is 2.31. The maximum Gasteiger partial charge on any atom is 0.0170 e. The van der Waals surface area contributed by atoms with Gasteiger partial charge in [-0.2, -0.15) is 11.8 Å². The van der Waals surface area contributed by atoms with Gasteiger partial charge in [0.05, 0.1) is 0 Å². The second kappa shape index (κ2) is 6.06. The van der Waals surface area contributed by atoms with Crippen LogP contribution in [0, 0.1) is 0 Å². The van der Waals surface area contributed by atoms with Crippen molar-refractivity contribution in [2.75, 3.05) is 12.8 Å². The Labute approximate surface area is 84.7 Å². The molecule has 0 radical (unpaired) electrons. The second-order valence-electron chi connectivity index (χ2n) is 3.12. The third kappa shape index (κ3) is 3.83. The quantitative estimate of drug-likeness (QED) is 0.780. The minimum atomic E-state index is 0.611. The Morgan fingerprint density at radius 1 is 1.31 bits per heavy atom. The third-order valence-electron chi connectivity index (χ3n) is 2.19. The van der Waals surface area contributed by atoms with Crippen LogP contribution in [0.25, 0.3) is 0 Å². The summed E-state index contributed by atoms with van der Waals surface area (Å²) >= 11 is 1.86. The number of nitrogens with two attached hydrogens (primary N) is 1. The van der Waals surface area contributed by atoms with Crippen LogP contribution in [-0.4, -0.2) is 18.1 Å². The van der Waals surface area contributed by atoms with Gasteiger partial charge < -0.3 is 5.73 Å². The van der Waals surface area contributed by atoms with Crippen LogP contribution in [0.2, 0.25) is 0 Å². The van der Waals surface area contributed by atoms with E-state index in [2.05, 4.69) is 36.6 Å². The smallest absolute Gasteiger partial charge is 0.0170 e. The Hall–Kier alpha value is -0.470. The summed E-state index contributed by atoms with van der Waals surface area (Å²) in [4.78, 5) is 0. The molecule has 1 aromatic carbocycles. The van der Waals surface area contributed by atoms with E-state index in [0.29, 0.717) is 5.25 Å². The molecule has 13 heavy (non-hydrogen) atoms. The lowest BCUT2D eigenvalue weighted by Crippen LogP contribution is -2.16. The van der Waals surface area contributed by atoms with Crippen LogP contribution in [0.3, 0.4) is 0 Å². The number of hydrogen-bond donors (Lipinski definition) is 1. The Kier molecular flexibility index (Phi) is 4.94. The van der Waals surface area contributed by atoms with Gasteiger partial charge in [0.2, 0.25) is 0 Å². The minimum Gasteiger partial charge on any atom is -0.329 e. The number of aryl methyl sites for hydroxylation is 1. The number of thioether (sulfide) groups is 1. The standard InChI is InChI=1S/C11H17NS/c1-13-11(9-12)8-7-10-5-3-2-4-6-10/h2-6,11H,7-9,12H2,1H3. The van der Waals surface area contributed by atoms with Gasteiger partial charge in [-0.25, -0.2) is 0 Å². The van der Waals surface area contributed by atoms with Crippen LogP contribution in [0.1, 0.15) is 12.0 Å². The third-order valence-corrected chi connectivity index (χ3v) is 3.29. The molecule has 72 valence electrons. The molecule has 1 rings (SSSR count). The van der Waals surface area contributed by atoms with Gasteiger partial charge >= 0.3 is 0 Å². The first-order chi connectivity index (χ1) is 6.36. The van der Waals surface area contributed by atoms with E-state index in [1.165, 1.54) is 12.0 Å². The van der Waals surface area contributed by atoms with Crippen LogP contribution in [0.5, 0.6) is 0 Å². The molecule has 0 aliphatic carbocycles. The summed E-state index contributed by atoms with van der Waals surface area (Å²) in [6, 6.07) is 10.6. The van der Waals surface area contributed by atoms with Gasteiger partial charge in [0, 0.05) is 11.8 Å². The van der Waals surface area contributed by atoms with Crippen molar-refractivity contribution in [2.24, 2.45) is 5.73 Å². The number of benzene rings is 1. The molecule has 1 atom stereocenters. The first-order valence-corrected chi connectivity index (χ1v) is 5.92. The molecule has 1 nitrogen and oxygen atoms in total. The average molecular weight is 195 g/mol. The van der Waals surface area contributed by atoms with Crippen molar-refractivity contribution in [1.29, 1.82) is 0 Å². The van der Waals surface area contributed by atoms with E-state index < -0.39 is 0 Å². The van der Waals surface area contributed by atoms with E-state index in [4.69, 9.17) is 5.73 Å². The molecule has 0 aliphatic rings. The molecular formula is C11H17NS. The van der Waals surface area contributed by atoms with E-state index in [1.807, 2.05) is 11.8 Å². The second-order valence-corrected chi connectivity index (χ2v) is 4.26. The zero-order chi connectivity index (χ0) is 9.52. The molecule has 0 saturated heterocycles. The fraction of sp³-hybridized carbons (Fsp3) is 0.455. The molecule has 0 aromatic heterocycles. The van der Waals surface area contributed by atoms with Crippen molar-refractivity contribution < 1.29 is 0 Å². The van der Waals surface area contributed by atoms with E-state index in [9.17, 15) is 0 Å². The molecule has 0 amide bonds. The highest BCUT2D eigenvalue weighted by atomic mass is 32.2. The molecular weight excluding hydrogens is 178 g/mol. The molecule has 0 aliphatic heterocycles. The highest BCUT2D eigenvalue weighted by molar-refractivity contribution is 7.99. The highest BCUT2D eigenvalue weighted by Crippen LogP contribution is 2.13. The fourth-order valence-corrected chi connectivity index (χ4v) is 1.85. The molecule has 2 N–H and O–H groups in total. The van der Waals surface area contributed by atoms with Gasteiger partial charge in [0.25, 0.3) is 0 Å². The minimum absolute atomic E-state index is 0.611. The SMILES string of the molecule is CSC(CN)CCc1ccccc1. The van der Waals surface area contributed by atoms with Crippen molar-refractivity contribution in [3.05, 3.63) is 35.9 Å². The first kappa shape index (κ1) is 10.6. The first-order valence-electron chi connectivity index (χ1n) is 4.63. The van der Waals surface area contributed by atoms with Gasteiger partial charge in [-0.3, -0.25) is 0 Å². The van der Waals surface area contributed by atoms with Gasteiger partial charge in [-0.05, 0) is 24.7 Å². The van der Waals surface area contributed by atoms with Gasteiger partial charge in [0.15, 0.2) is 0 Å². The van der Waals surface area contributed by atoms with Crippen LogP contribution in [0.4, 0.5) is 0 Å². The molecule has 2 heteroatoms. The van der Waals surface area contributed by atoms with Crippen molar-refractivity contribution >= 4 is 11.8 Å². The Bertz CT molecular complexity index is 219. The predicted molar refractivity (Wildman–Crippen MR) is 61.1 cm³/mol. The molecule has 1 unspecified atom stereocenters. The lowest BCUT2D eigenvalue weighted by atomic mass is 10.1. The van der Waals surface area contributed by atoms with E-state index >= 15 is 0 Å². The van der Waals surface area contributed by atoms with Crippen LogP contribution in [-0.2, 0) is 6.42 Å². The molecule has 0 saturated carbocycles. The van der Waals surface area contributed by atoms with Gasteiger partial charge in [0.1, 0.15) is 0 Å². The molecule has 0 heterocycles. The van der Waals surface area contributed by atoms with Gasteiger partial charge in [-0.1, -0.05) is 30.3 Å². The molecule has 1 aromatic rings. The fourth-order valence-electron chi connectivity index (χ4n) is 1.30. The maximum atomic E-state index is 5.63. The van der Waals surface area contributed by atoms with Crippen LogP contribution in [0.15, 0.2) is 30.3 Å². The Balaban J connectivity index is 2.34. The average Bonchev–Trinajstić information content (AvgIpc) is 2.21. The summed E-state index contributed by atoms with van der Waals surface area (Å²) in [5.74, 6) is 0. The van der Waals surface area contributed by atoms with Crippen LogP contribution >= 0.6 is 11.8 Å². The summed E-state index contributed by atoms with van der Waals surface area (Å²) in [6.07, 6.45) is 4.45. The highest BCUT2D eigenvalue weighted by Gasteiger charge is 2.03. The zero-order valence-corrected chi connectivity index (χ0v) is 8.89. The normalized spacial score (nSPS) is 12.8. The lowest BCUT2D eigenvalue weighted by Gasteiger charge is -2.10. The Morgan fingerprint density at radius 3 is 2.54 bits per heavy atom. The van der Waals surface area contributed by atoms with Crippen molar-refractivity contribution in [1.82, 2.24) is 0 Å². The van der Waals surface area contributed by atoms with Crippen molar-refractivity contribution in [2.45, 2.75) is 18.1 Å². The molecule has 0 spiro atoms. The summed E-state index contributed by atoms with van der Waals surface area (Å²) < 4.78 is 0. The largest absolute Gasteiger partial charge is 0.329 e. The zero-order valence-electron chi connectivity index (χ0n) is 8.07. The summed E-state index contributed by atoms with van der Waals surface area (Å²) in [7, 11) is 0. The number of hydrogen-bond acceptors (Lipinski definition) is 2. The summed E-state index contributed by atoms with van der Waals surface area (Å²) in [5, 5.41) is 0.611. The summed E-state index contributed by atoms with van der Waals surface area (Å²) in [5.41, 5.74) is 7.04. The van der Waals surface area contributed by atoms with Crippen LogP contribution < -0.4 is 5.73 Å².